The summed E-state index contributed by atoms with van der Waals surface area (Å²) in [6.45, 7) is 2.26. The molecule has 5 heteroatoms. The standard InChI is InChI=1S/C6H10N2O2S/c1-2-3-8-5-6(9)4-7-11(8)10/h2-3,7H,4-5H2,1H3/b3-2+. The lowest BCUT2D eigenvalue weighted by atomic mass is 10.4. The molecule has 1 saturated heterocycles. The summed E-state index contributed by atoms with van der Waals surface area (Å²) in [5.74, 6) is 0.0581. The van der Waals surface area contributed by atoms with Crippen molar-refractivity contribution in [2.75, 3.05) is 13.1 Å². The molecule has 0 aliphatic carbocycles. The predicted molar refractivity (Wildman–Crippen MR) is 42.7 cm³/mol. The lowest BCUT2D eigenvalue weighted by Gasteiger charge is -2.22. The molecule has 1 N–H and O–H groups in total. The topological polar surface area (TPSA) is 49.4 Å². The first kappa shape index (κ1) is 8.42. The molecule has 0 amide bonds. The fourth-order valence-corrected chi connectivity index (χ4v) is 1.73. The van der Waals surface area contributed by atoms with Gasteiger partial charge in [0.15, 0.2) is 17.0 Å². The van der Waals surface area contributed by atoms with E-state index in [2.05, 4.69) is 4.72 Å². The average molecular weight is 174 g/mol. The number of carbonyl (C=O) groups is 1. The van der Waals surface area contributed by atoms with Gasteiger partial charge in [-0.3, -0.25) is 9.10 Å². The first-order chi connectivity index (χ1) is 5.24. The summed E-state index contributed by atoms with van der Waals surface area (Å²) >= 11 is -1.22. The van der Waals surface area contributed by atoms with Crippen molar-refractivity contribution in [3.05, 3.63) is 12.3 Å². The zero-order valence-corrected chi connectivity index (χ0v) is 7.06. The fourth-order valence-electron chi connectivity index (χ4n) is 0.788. The number of nitrogens with one attached hydrogen (secondary N) is 1. The third kappa shape index (κ3) is 2.13. The summed E-state index contributed by atoms with van der Waals surface area (Å²) < 4.78 is 15.1. The second-order valence-electron chi connectivity index (χ2n) is 2.17. The number of hydrogen-bond acceptors (Lipinski definition) is 2. The number of nitrogens with zero attached hydrogens (tertiary/aromatic N) is 1. The molecule has 1 unspecified atom stereocenters. The first-order valence-corrected chi connectivity index (χ1v) is 4.41. The molecule has 0 aromatic heterocycles. The van der Waals surface area contributed by atoms with Gasteiger partial charge in [0, 0.05) is 6.20 Å². The van der Waals surface area contributed by atoms with Gasteiger partial charge in [-0.2, -0.15) is 0 Å². The van der Waals surface area contributed by atoms with Gasteiger partial charge in [0.2, 0.25) is 0 Å². The summed E-state index contributed by atoms with van der Waals surface area (Å²) in [5.41, 5.74) is 0. The van der Waals surface area contributed by atoms with Crippen molar-refractivity contribution >= 4 is 17.0 Å². The van der Waals surface area contributed by atoms with Crippen LogP contribution in [0.2, 0.25) is 0 Å². The maximum atomic E-state index is 11.1. The smallest absolute Gasteiger partial charge is 0.196 e. The van der Waals surface area contributed by atoms with E-state index >= 15 is 0 Å². The Bertz CT molecular complexity index is 215. The second-order valence-corrected chi connectivity index (χ2v) is 3.42. The Labute approximate surface area is 68.0 Å². The number of rotatable bonds is 1. The minimum Gasteiger partial charge on any atom is -0.296 e. The number of hydrogen-bond donors (Lipinski definition) is 1. The van der Waals surface area contributed by atoms with E-state index in [1.54, 1.807) is 12.3 Å². The molecule has 1 fully saturated rings. The van der Waals surface area contributed by atoms with E-state index in [1.165, 1.54) is 4.31 Å². The molecule has 0 bridgehead atoms. The van der Waals surface area contributed by atoms with Crippen LogP contribution in [0.5, 0.6) is 0 Å². The molecule has 0 aromatic carbocycles. The van der Waals surface area contributed by atoms with Crippen molar-refractivity contribution in [1.29, 1.82) is 0 Å². The molecule has 4 nitrogen and oxygen atoms in total. The molecule has 1 atom stereocenters. The molecule has 0 radical (unpaired) electrons. The largest absolute Gasteiger partial charge is 0.296 e. The Balaban J connectivity index is 2.61. The summed E-state index contributed by atoms with van der Waals surface area (Å²) in [6, 6.07) is 0. The van der Waals surface area contributed by atoms with Crippen LogP contribution in [0.4, 0.5) is 0 Å². The zero-order chi connectivity index (χ0) is 8.27. The molecule has 1 aliphatic rings. The van der Waals surface area contributed by atoms with Crippen LogP contribution < -0.4 is 4.72 Å². The Morgan fingerprint density at radius 1 is 1.73 bits per heavy atom. The highest BCUT2D eigenvalue weighted by Crippen LogP contribution is 1.99. The third-order valence-electron chi connectivity index (χ3n) is 1.25. The van der Waals surface area contributed by atoms with Crippen molar-refractivity contribution in [2.24, 2.45) is 0 Å². The van der Waals surface area contributed by atoms with Crippen LogP contribution in [0.25, 0.3) is 0 Å². The van der Waals surface area contributed by atoms with Crippen LogP contribution in [0, 0.1) is 0 Å². The molecular formula is C6H10N2O2S. The maximum Gasteiger partial charge on any atom is 0.196 e. The summed E-state index contributed by atoms with van der Waals surface area (Å²) in [5, 5.41) is 0. The van der Waals surface area contributed by atoms with Gasteiger partial charge in [0.25, 0.3) is 0 Å². The van der Waals surface area contributed by atoms with Crippen LogP contribution in [-0.2, 0) is 16.0 Å². The van der Waals surface area contributed by atoms with Gasteiger partial charge in [-0.1, -0.05) is 6.08 Å². The highest BCUT2D eigenvalue weighted by atomic mass is 32.2. The van der Waals surface area contributed by atoms with Gasteiger partial charge in [-0.05, 0) is 6.92 Å². The Morgan fingerprint density at radius 3 is 3.09 bits per heavy atom. The average Bonchev–Trinajstić information content (AvgIpc) is 1.98. The number of ketones is 1. The third-order valence-corrected chi connectivity index (χ3v) is 2.32. The first-order valence-electron chi connectivity index (χ1n) is 3.30. The summed E-state index contributed by atoms with van der Waals surface area (Å²) in [4.78, 5) is 10.8. The molecule has 11 heavy (non-hydrogen) atoms. The van der Waals surface area contributed by atoms with Gasteiger partial charge >= 0.3 is 0 Å². The molecular weight excluding hydrogens is 164 g/mol. The Kier molecular flexibility index (Phi) is 2.78. The van der Waals surface area contributed by atoms with E-state index in [0.29, 0.717) is 0 Å². The van der Waals surface area contributed by atoms with E-state index in [9.17, 15) is 9.00 Å². The Hall–Kier alpha value is -0.680. The number of Topliss-reactive ketones (excluding diaryl/α,β-unsaturated/α-hetero) is 1. The minimum atomic E-state index is -1.22. The lowest BCUT2D eigenvalue weighted by molar-refractivity contribution is -0.118. The molecule has 0 aromatic rings. The minimum absolute atomic E-state index is 0.0581. The van der Waals surface area contributed by atoms with Crippen molar-refractivity contribution in [2.45, 2.75) is 6.92 Å². The molecule has 1 rings (SSSR count). The normalized spacial score (nSPS) is 26.5. The van der Waals surface area contributed by atoms with Gasteiger partial charge in [-0.25, -0.2) is 8.93 Å². The van der Waals surface area contributed by atoms with Crippen LogP contribution in [0.15, 0.2) is 12.3 Å². The van der Waals surface area contributed by atoms with Crippen molar-refractivity contribution < 1.29 is 9.00 Å². The van der Waals surface area contributed by atoms with E-state index in [0.717, 1.165) is 0 Å². The number of allylic oxidation sites excluding steroid dienone is 1. The highest BCUT2D eigenvalue weighted by Gasteiger charge is 2.19. The predicted octanol–water partition coefficient (Wildman–Crippen LogP) is -0.427. The molecule has 1 heterocycles. The Morgan fingerprint density at radius 2 is 2.45 bits per heavy atom. The molecule has 0 saturated carbocycles. The van der Waals surface area contributed by atoms with E-state index in [4.69, 9.17) is 0 Å². The molecule has 0 spiro atoms. The highest BCUT2D eigenvalue weighted by molar-refractivity contribution is 7.80. The molecule has 62 valence electrons. The van der Waals surface area contributed by atoms with Crippen LogP contribution >= 0.6 is 0 Å². The van der Waals surface area contributed by atoms with Crippen molar-refractivity contribution in [3.8, 4) is 0 Å². The van der Waals surface area contributed by atoms with Crippen LogP contribution in [-0.4, -0.2) is 27.4 Å². The van der Waals surface area contributed by atoms with Gasteiger partial charge < -0.3 is 0 Å². The monoisotopic (exact) mass is 174 g/mol. The molecule has 1 aliphatic heterocycles. The quantitative estimate of drug-likeness (QED) is 0.586. The van der Waals surface area contributed by atoms with E-state index in [-0.39, 0.29) is 18.9 Å². The van der Waals surface area contributed by atoms with Crippen LogP contribution in [0.1, 0.15) is 6.92 Å². The maximum absolute atomic E-state index is 11.1. The van der Waals surface area contributed by atoms with Gasteiger partial charge in [-0.15, -0.1) is 0 Å². The lowest BCUT2D eigenvalue weighted by Crippen LogP contribution is -2.45. The number of carbonyl (C=O) groups excluding carboxylic acids is 1. The van der Waals surface area contributed by atoms with Crippen LogP contribution in [0.3, 0.4) is 0 Å². The van der Waals surface area contributed by atoms with E-state index < -0.39 is 11.2 Å². The van der Waals surface area contributed by atoms with E-state index in [1.807, 2.05) is 6.92 Å². The zero-order valence-electron chi connectivity index (χ0n) is 6.24. The van der Waals surface area contributed by atoms with Gasteiger partial charge in [0.1, 0.15) is 0 Å². The van der Waals surface area contributed by atoms with Crippen molar-refractivity contribution in [3.63, 3.8) is 0 Å². The van der Waals surface area contributed by atoms with Gasteiger partial charge in [0.05, 0.1) is 13.1 Å². The second kappa shape index (κ2) is 3.64. The van der Waals surface area contributed by atoms with Crippen molar-refractivity contribution in [1.82, 2.24) is 9.03 Å². The summed E-state index contributed by atoms with van der Waals surface area (Å²) in [6.07, 6.45) is 3.39. The summed E-state index contributed by atoms with van der Waals surface area (Å²) in [7, 11) is 0. The SMILES string of the molecule is C/C=C/N1CC(=O)CNS1=O. The fraction of sp³-hybridized carbons (Fsp3) is 0.500.